The number of hydrogen-bond acceptors (Lipinski definition) is 30. The number of ketones is 6. The molecule has 4 aliphatic carbocycles. The molecule has 0 bridgehead atoms. The van der Waals surface area contributed by atoms with Gasteiger partial charge in [-0.3, -0.25) is 34.1 Å². The summed E-state index contributed by atoms with van der Waals surface area (Å²) in [5.41, 5.74) is -0.343. The lowest BCUT2D eigenvalue weighted by atomic mass is 9.72. The van der Waals surface area contributed by atoms with Gasteiger partial charge in [0.05, 0.1) is 137 Å². The minimum Gasteiger partial charge on any atom is -0.507 e. The van der Waals surface area contributed by atoms with Gasteiger partial charge in [-0.2, -0.15) is 5.26 Å². The Kier molecular flexibility index (Phi) is 33.4. The first kappa shape index (κ1) is 87.0. The van der Waals surface area contributed by atoms with Crippen LogP contribution in [0.15, 0.2) is 36.4 Å². The van der Waals surface area contributed by atoms with Gasteiger partial charge in [0, 0.05) is 108 Å². The van der Waals surface area contributed by atoms with Gasteiger partial charge in [-0.15, -0.1) is 46.4 Å². The van der Waals surface area contributed by atoms with Crippen LogP contribution in [0.3, 0.4) is 0 Å². The first-order valence-electron chi connectivity index (χ1n) is 33.1. The molecule has 4 aromatic carbocycles. The van der Waals surface area contributed by atoms with Crippen LogP contribution in [-0.4, -0.2) is 257 Å². The van der Waals surface area contributed by atoms with E-state index in [2.05, 4.69) is 20.9 Å². The van der Waals surface area contributed by atoms with Crippen molar-refractivity contribution >= 4 is 93.7 Å². The van der Waals surface area contributed by atoms with E-state index in [-0.39, 0.29) is 121 Å². The van der Waals surface area contributed by atoms with Gasteiger partial charge in [0.15, 0.2) is 35.7 Å². The van der Waals surface area contributed by atoms with Crippen LogP contribution in [0.25, 0.3) is 0 Å². The van der Waals surface area contributed by atoms with Crippen LogP contribution in [0.4, 0.5) is 0 Å². The van der Waals surface area contributed by atoms with Crippen molar-refractivity contribution < 1.29 is 132 Å². The van der Waals surface area contributed by atoms with Crippen LogP contribution in [0.1, 0.15) is 152 Å². The van der Waals surface area contributed by atoms with Gasteiger partial charge in [-0.25, -0.2) is 0 Å². The molecule has 5 unspecified atom stereocenters. The Morgan fingerprint density at radius 1 is 0.619 bits per heavy atom. The van der Waals surface area contributed by atoms with Gasteiger partial charge in [-0.1, -0.05) is 24.3 Å². The molecule has 12 N–H and O–H groups in total. The molecule has 105 heavy (non-hydrogen) atoms. The molecule has 6 aliphatic rings. The molecule has 2 fully saturated rings. The maximum absolute atomic E-state index is 13.8. The summed E-state index contributed by atoms with van der Waals surface area (Å²) >= 11 is 21.3. The van der Waals surface area contributed by atoms with Crippen molar-refractivity contribution in [1.29, 1.82) is 5.26 Å². The quantitative estimate of drug-likeness (QED) is 0.0158. The number of Topliss-reactive ketones (excluding diaryl/α,β-unsaturated/α-hetero) is 2. The molecule has 0 radical (unpaired) electrons. The Morgan fingerprint density at radius 3 is 1.40 bits per heavy atom. The summed E-state index contributed by atoms with van der Waals surface area (Å²) in [7, 11) is 2.67. The van der Waals surface area contributed by atoms with Gasteiger partial charge in [0.2, 0.25) is 11.6 Å². The van der Waals surface area contributed by atoms with Gasteiger partial charge >= 0.3 is 0 Å². The Hall–Kier alpha value is -6.91. The molecule has 2 saturated heterocycles. The average Bonchev–Trinajstić information content (AvgIpc) is 0.717. The number of alkyl halides is 4. The number of carbonyl (C=O) groups excluding carboxylic acids is 8. The standard InChI is InChI=1S/C32H35ClN2O11.C27H29NO10.C4H9ClO2.2C4H7ClO2/c1-14-27(37)19(35-16(12-34)13-44-8-7-33)9-22(45-14)46-21-11-32(42,15(2)36)10-18-24(21)31(41)26-25(29(18)39)28(38)17-5-4-6-20(43-3)23(17)30(26)40;1-10-22(30)14(28)7-17(37-10)38-16-9-27(35,11(2)29)8-13-19(16)26(34)21-20(24(13)32)23(31)12-5-4-6-15(36-3)18(12)25(21)33;3*5-1-3-7-4-2-6/h4-6,14,16,19,21-22,27,35,37,39,41-42H,7-11,13H2,1-3H3;4-6,10,14,16-17,22,30,32,34-35H,7-9,28H2,1-3H3;6H,1-4H2;2*2H,1,3-4H2/t14-,16?,19?,21-,22-,27?,32-;10-,14?,16-,17-,22?,27-;;;/m00.../s1. The van der Waals surface area contributed by atoms with Gasteiger partial charge in [0.25, 0.3) is 0 Å². The zero-order chi connectivity index (χ0) is 77.8. The number of methoxy groups -OCH3 is 2. The number of rotatable bonds is 26. The number of benzene rings is 4. The highest BCUT2D eigenvalue weighted by atomic mass is 35.5. The maximum Gasteiger partial charge on any atom is 0.202 e. The van der Waals surface area contributed by atoms with Crippen LogP contribution < -0.4 is 20.5 Å². The number of aliphatic hydroxyl groups excluding tert-OH is 3. The number of phenolic OH excluding ortho intramolecular Hbond substituents is 4. The number of aromatic hydroxyl groups is 4. The highest BCUT2D eigenvalue weighted by Crippen LogP contribution is 2.55. The minimum atomic E-state index is -2.07. The van der Waals surface area contributed by atoms with Crippen molar-refractivity contribution in [2.45, 2.75) is 145 Å². The molecule has 2 aliphatic heterocycles. The number of aliphatic hydroxyl groups is 5. The Morgan fingerprint density at radius 2 is 1.02 bits per heavy atom. The number of fused-ring (bicyclic) bond motifs is 6. The zero-order valence-corrected chi connectivity index (χ0v) is 61.3. The third kappa shape index (κ3) is 20.3. The molecule has 0 spiro atoms. The first-order chi connectivity index (χ1) is 50.0. The molecule has 576 valence electrons. The van der Waals surface area contributed by atoms with Crippen LogP contribution in [0.2, 0.25) is 0 Å². The maximum atomic E-state index is 13.8. The summed E-state index contributed by atoms with van der Waals surface area (Å²) in [6.45, 7) is 8.02. The van der Waals surface area contributed by atoms with Crippen molar-refractivity contribution in [1.82, 2.24) is 5.32 Å². The molecule has 13 atom stereocenters. The number of aldehydes is 2. The number of ether oxygens (including phenoxy) is 10. The number of nitrogens with one attached hydrogen (secondary N) is 1. The lowest BCUT2D eigenvalue weighted by molar-refractivity contribution is -0.250. The van der Waals surface area contributed by atoms with Crippen LogP contribution >= 0.6 is 46.4 Å². The third-order valence-corrected chi connectivity index (χ3v) is 18.5. The average molecular weight is 1560 g/mol. The summed E-state index contributed by atoms with van der Waals surface area (Å²) < 4.78 is 53.9. The minimum absolute atomic E-state index is 0.00771. The fraction of sp³-hybridized carbons (Fsp3) is 0.535. The molecule has 30 nitrogen and oxygen atoms in total. The smallest absolute Gasteiger partial charge is 0.202 e. The van der Waals surface area contributed by atoms with Crippen molar-refractivity contribution in [3.05, 3.63) is 103 Å². The van der Waals surface area contributed by atoms with Crippen LogP contribution in [0, 0.1) is 11.3 Å². The Bertz CT molecular complexity index is 3770. The number of nitriles is 1. The number of nitrogens with two attached hydrogens (primary N) is 1. The second-order valence-corrected chi connectivity index (χ2v) is 26.2. The molecular formula is C71H87Cl4N3O27. The van der Waals surface area contributed by atoms with Crippen molar-refractivity contribution in [2.75, 3.05) is 97.2 Å². The third-order valence-electron chi connectivity index (χ3n) is 17.9. The van der Waals surface area contributed by atoms with E-state index in [0.29, 0.717) is 56.6 Å². The number of nitrogens with zero attached hydrogens (tertiary/aromatic N) is 1. The van der Waals surface area contributed by atoms with Crippen molar-refractivity contribution in [3.8, 4) is 40.6 Å². The van der Waals surface area contributed by atoms with E-state index >= 15 is 0 Å². The molecule has 0 amide bonds. The number of phenols is 4. The molecule has 10 rings (SSSR count). The fourth-order valence-corrected chi connectivity index (χ4v) is 13.1. The van der Waals surface area contributed by atoms with Crippen molar-refractivity contribution in [3.63, 3.8) is 0 Å². The van der Waals surface area contributed by atoms with Gasteiger partial charge in [0.1, 0.15) is 77.5 Å². The Labute approximate surface area is 624 Å². The number of hydrogen-bond donors (Lipinski definition) is 11. The number of halogens is 4. The molecular weight excluding hydrogens is 1470 g/mol. The molecule has 0 aromatic heterocycles. The number of carbonyl (C=O) groups is 8. The van der Waals surface area contributed by atoms with Gasteiger partial charge < -0.3 is 109 Å². The lowest BCUT2D eigenvalue weighted by Gasteiger charge is -2.43. The van der Waals surface area contributed by atoms with Gasteiger partial charge in [-0.05, 0) is 39.8 Å². The zero-order valence-electron chi connectivity index (χ0n) is 58.3. The fourth-order valence-electron chi connectivity index (χ4n) is 12.7. The summed E-state index contributed by atoms with van der Waals surface area (Å²) in [4.78, 5) is 98.8. The summed E-state index contributed by atoms with van der Waals surface area (Å²) in [6, 6.07) is 8.69. The molecule has 34 heteroatoms. The summed E-state index contributed by atoms with van der Waals surface area (Å²) in [5.74, 6) is -4.90. The molecule has 2 heterocycles. The van der Waals surface area contributed by atoms with E-state index in [0.717, 1.165) is 0 Å². The summed E-state index contributed by atoms with van der Waals surface area (Å²) in [5, 5.41) is 110. The van der Waals surface area contributed by atoms with E-state index in [4.69, 9.17) is 95.1 Å². The highest BCUT2D eigenvalue weighted by Gasteiger charge is 2.52. The lowest BCUT2D eigenvalue weighted by Crippen LogP contribution is -2.57. The largest absolute Gasteiger partial charge is 0.507 e. The predicted octanol–water partition coefficient (Wildman–Crippen LogP) is 3.95. The second-order valence-electron chi connectivity index (χ2n) is 24.7. The van der Waals surface area contributed by atoms with E-state index in [1.165, 1.54) is 64.5 Å². The van der Waals surface area contributed by atoms with E-state index < -0.39 is 171 Å². The topological polar surface area (TPSA) is 473 Å². The molecule has 0 saturated carbocycles. The van der Waals surface area contributed by atoms with E-state index in [9.17, 15) is 84.5 Å². The Balaban J connectivity index is 0.000000261. The second kappa shape index (κ2) is 40.3. The SMILES string of the molecule is COc1cccc2c1C(=O)c1c(O)c3c(c(O)c1C2=O)C[C@@](O)(C(C)=O)C[C@@H]3O[C@H]1CC(N)C(O)[C@H](C)O1.COc1cccc2c1C(=O)c1c(O)c3c(c(O)c1C2=O)C[C@@](O)(C(C)=O)C[C@@H]3O[C@H]1CC(NC(C#N)COCCCl)C(O)[C@H](C)O1.O=CCOCCCl.O=CCOCCCl.OCCOCCCl. The van der Waals surface area contributed by atoms with Crippen molar-refractivity contribution in [2.24, 2.45) is 5.73 Å². The van der Waals surface area contributed by atoms with E-state index in [1.807, 2.05) is 0 Å². The van der Waals surface area contributed by atoms with E-state index in [1.54, 1.807) is 13.8 Å². The monoisotopic (exact) mass is 1550 g/mol. The predicted molar refractivity (Wildman–Crippen MR) is 374 cm³/mol. The van der Waals surface area contributed by atoms with Crippen LogP contribution in [0.5, 0.6) is 34.5 Å². The molecule has 4 aromatic rings. The normalized spacial score (nSPS) is 24.9. The first-order valence-corrected chi connectivity index (χ1v) is 35.3. The highest BCUT2D eigenvalue weighted by molar-refractivity contribution is 6.32. The summed E-state index contributed by atoms with van der Waals surface area (Å²) in [6.07, 6.45) is -8.27. The van der Waals surface area contributed by atoms with Crippen LogP contribution in [-0.2, 0) is 69.9 Å².